The molecule has 0 amide bonds. The average molecular weight is 267 g/mol. The van der Waals surface area contributed by atoms with Gasteiger partial charge in [-0.05, 0) is 49.9 Å². The Hall–Kier alpha value is -1.24. The lowest BCUT2D eigenvalue weighted by atomic mass is 10.1. The molecule has 0 aliphatic rings. The molecule has 0 saturated heterocycles. The maximum Gasteiger partial charge on any atom is 0.122 e. The number of halogens is 1. The van der Waals surface area contributed by atoms with Gasteiger partial charge in [0, 0.05) is 17.5 Å². The Morgan fingerprint density at radius 3 is 2.89 bits per heavy atom. The Morgan fingerprint density at radius 2 is 2.22 bits per heavy atom. The second-order valence-corrected chi connectivity index (χ2v) is 4.83. The standard InChI is InChI=1S/C14H19ClN2O/c1-11(17)9-12-10-13(15)5-6-14(12)18-8-4-2-3-7-16/h5-6,10-11H,2-4,8-9,17H2,1H3. The van der Waals surface area contributed by atoms with Crippen LogP contribution in [0, 0.1) is 11.3 Å². The first-order chi connectivity index (χ1) is 8.63. The summed E-state index contributed by atoms with van der Waals surface area (Å²) in [4.78, 5) is 0. The van der Waals surface area contributed by atoms with Crippen molar-refractivity contribution in [1.29, 1.82) is 5.26 Å². The van der Waals surface area contributed by atoms with Crippen molar-refractivity contribution in [2.45, 2.75) is 38.6 Å². The molecular formula is C14H19ClN2O. The van der Waals surface area contributed by atoms with Crippen LogP contribution in [0.4, 0.5) is 0 Å². The molecule has 2 N–H and O–H groups in total. The van der Waals surface area contributed by atoms with Gasteiger partial charge in [0.05, 0.1) is 12.7 Å². The van der Waals surface area contributed by atoms with E-state index in [-0.39, 0.29) is 6.04 Å². The highest BCUT2D eigenvalue weighted by molar-refractivity contribution is 6.30. The van der Waals surface area contributed by atoms with Crippen LogP contribution < -0.4 is 10.5 Å². The molecule has 18 heavy (non-hydrogen) atoms. The fourth-order valence-electron chi connectivity index (χ4n) is 1.68. The zero-order valence-electron chi connectivity index (χ0n) is 10.7. The van der Waals surface area contributed by atoms with Crippen LogP contribution in [0.5, 0.6) is 5.75 Å². The van der Waals surface area contributed by atoms with Crippen molar-refractivity contribution < 1.29 is 4.74 Å². The molecule has 3 nitrogen and oxygen atoms in total. The molecule has 1 aromatic rings. The molecule has 0 saturated carbocycles. The molecular weight excluding hydrogens is 248 g/mol. The van der Waals surface area contributed by atoms with Crippen LogP contribution in [0.15, 0.2) is 18.2 Å². The highest BCUT2D eigenvalue weighted by Crippen LogP contribution is 2.24. The van der Waals surface area contributed by atoms with Gasteiger partial charge in [0.1, 0.15) is 5.75 Å². The third kappa shape index (κ3) is 5.39. The average Bonchev–Trinajstić information content (AvgIpc) is 2.30. The summed E-state index contributed by atoms with van der Waals surface area (Å²) in [6.07, 6.45) is 3.07. The Morgan fingerprint density at radius 1 is 1.44 bits per heavy atom. The Bertz CT molecular complexity index is 413. The Balaban J connectivity index is 2.55. The summed E-state index contributed by atoms with van der Waals surface area (Å²) in [5.74, 6) is 0.841. The third-order valence-corrected chi connectivity index (χ3v) is 2.74. The van der Waals surface area contributed by atoms with Crippen LogP contribution in [0.1, 0.15) is 31.7 Å². The maximum absolute atomic E-state index is 8.44. The van der Waals surface area contributed by atoms with Crippen LogP contribution in [-0.4, -0.2) is 12.6 Å². The predicted molar refractivity (Wildman–Crippen MR) is 73.8 cm³/mol. The fourth-order valence-corrected chi connectivity index (χ4v) is 1.88. The number of benzene rings is 1. The molecule has 1 unspecified atom stereocenters. The van der Waals surface area contributed by atoms with E-state index in [1.54, 1.807) is 0 Å². The zero-order chi connectivity index (χ0) is 13.4. The van der Waals surface area contributed by atoms with Gasteiger partial charge in [-0.1, -0.05) is 11.6 Å². The largest absolute Gasteiger partial charge is 0.493 e. The SMILES string of the molecule is CC(N)Cc1cc(Cl)ccc1OCCCCC#N. The molecule has 1 atom stereocenters. The van der Waals surface area contributed by atoms with E-state index in [9.17, 15) is 0 Å². The quantitative estimate of drug-likeness (QED) is 0.771. The highest BCUT2D eigenvalue weighted by atomic mass is 35.5. The Labute approximate surface area is 114 Å². The number of hydrogen-bond acceptors (Lipinski definition) is 3. The minimum atomic E-state index is 0.0735. The van der Waals surface area contributed by atoms with Crippen molar-refractivity contribution in [3.8, 4) is 11.8 Å². The van der Waals surface area contributed by atoms with Gasteiger partial charge in [-0.25, -0.2) is 0 Å². The lowest BCUT2D eigenvalue weighted by Gasteiger charge is -2.13. The van der Waals surface area contributed by atoms with E-state index in [1.165, 1.54) is 0 Å². The van der Waals surface area contributed by atoms with E-state index in [0.29, 0.717) is 18.1 Å². The molecule has 0 aliphatic heterocycles. The topological polar surface area (TPSA) is 59.0 Å². The minimum Gasteiger partial charge on any atom is -0.493 e. The number of nitrogens with two attached hydrogens (primary N) is 1. The van der Waals surface area contributed by atoms with Gasteiger partial charge in [-0.3, -0.25) is 0 Å². The van der Waals surface area contributed by atoms with E-state index >= 15 is 0 Å². The summed E-state index contributed by atoms with van der Waals surface area (Å²) in [7, 11) is 0. The molecule has 0 radical (unpaired) electrons. The summed E-state index contributed by atoms with van der Waals surface area (Å²) >= 11 is 5.97. The molecule has 1 aromatic carbocycles. The first-order valence-corrected chi connectivity index (χ1v) is 6.55. The molecule has 0 aliphatic carbocycles. The second-order valence-electron chi connectivity index (χ2n) is 4.40. The monoisotopic (exact) mass is 266 g/mol. The molecule has 4 heteroatoms. The number of ether oxygens (including phenoxy) is 1. The van der Waals surface area contributed by atoms with Crippen LogP contribution in [-0.2, 0) is 6.42 Å². The number of hydrogen-bond donors (Lipinski definition) is 1. The third-order valence-electron chi connectivity index (χ3n) is 2.50. The molecule has 0 bridgehead atoms. The zero-order valence-corrected chi connectivity index (χ0v) is 11.4. The fraction of sp³-hybridized carbons (Fsp3) is 0.500. The molecule has 1 rings (SSSR count). The highest BCUT2D eigenvalue weighted by Gasteiger charge is 2.07. The number of nitrogens with zero attached hydrogens (tertiary/aromatic N) is 1. The van der Waals surface area contributed by atoms with Crippen LogP contribution in [0.25, 0.3) is 0 Å². The van der Waals surface area contributed by atoms with E-state index in [2.05, 4.69) is 6.07 Å². The summed E-state index contributed by atoms with van der Waals surface area (Å²) in [6.45, 7) is 2.58. The summed E-state index contributed by atoms with van der Waals surface area (Å²) in [6, 6.07) is 7.79. The van der Waals surface area contributed by atoms with Gasteiger partial charge < -0.3 is 10.5 Å². The first kappa shape index (κ1) is 14.8. The van der Waals surface area contributed by atoms with Crippen molar-refractivity contribution in [3.05, 3.63) is 28.8 Å². The van der Waals surface area contributed by atoms with Crippen LogP contribution >= 0.6 is 11.6 Å². The van der Waals surface area contributed by atoms with Crippen molar-refractivity contribution in [1.82, 2.24) is 0 Å². The molecule has 0 heterocycles. The predicted octanol–water partition coefficient (Wildman–Crippen LogP) is 3.30. The molecule has 0 aromatic heterocycles. The lowest BCUT2D eigenvalue weighted by molar-refractivity contribution is 0.304. The van der Waals surface area contributed by atoms with Crippen LogP contribution in [0.2, 0.25) is 5.02 Å². The minimum absolute atomic E-state index is 0.0735. The molecule has 0 fully saturated rings. The van der Waals surface area contributed by atoms with Gasteiger partial charge in [0.25, 0.3) is 0 Å². The summed E-state index contributed by atoms with van der Waals surface area (Å²) in [5.41, 5.74) is 6.84. The van der Waals surface area contributed by atoms with Gasteiger partial charge in [-0.2, -0.15) is 5.26 Å². The van der Waals surface area contributed by atoms with Gasteiger partial charge in [0.2, 0.25) is 0 Å². The number of nitriles is 1. The van der Waals surface area contributed by atoms with E-state index in [0.717, 1.165) is 30.6 Å². The van der Waals surface area contributed by atoms with Crippen molar-refractivity contribution in [2.24, 2.45) is 5.73 Å². The van der Waals surface area contributed by atoms with Crippen LogP contribution in [0.3, 0.4) is 0 Å². The molecule has 0 spiro atoms. The van der Waals surface area contributed by atoms with E-state index in [4.69, 9.17) is 27.3 Å². The normalized spacial score (nSPS) is 11.9. The van der Waals surface area contributed by atoms with E-state index in [1.807, 2.05) is 25.1 Å². The second kappa shape index (κ2) is 7.97. The summed E-state index contributed by atoms with van der Waals surface area (Å²) < 4.78 is 5.72. The maximum atomic E-state index is 8.44. The van der Waals surface area contributed by atoms with Gasteiger partial charge >= 0.3 is 0 Å². The van der Waals surface area contributed by atoms with Gasteiger partial charge in [-0.15, -0.1) is 0 Å². The first-order valence-electron chi connectivity index (χ1n) is 6.17. The summed E-state index contributed by atoms with van der Waals surface area (Å²) in [5, 5.41) is 9.13. The Kier molecular flexibility index (Phi) is 6.56. The van der Waals surface area contributed by atoms with Crippen molar-refractivity contribution in [3.63, 3.8) is 0 Å². The smallest absolute Gasteiger partial charge is 0.122 e. The molecule has 98 valence electrons. The number of rotatable bonds is 7. The van der Waals surface area contributed by atoms with Crippen molar-refractivity contribution >= 4 is 11.6 Å². The lowest BCUT2D eigenvalue weighted by Crippen LogP contribution is -2.18. The number of unbranched alkanes of at least 4 members (excludes halogenated alkanes) is 2. The van der Waals surface area contributed by atoms with E-state index < -0.39 is 0 Å². The van der Waals surface area contributed by atoms with Gasteiger partial charge in [0.15, 0.2) is 0 Å². The van der Waals surface area contributed by atoms with Crippen molar-refractivity contribution in [2.75, 3.05) is 6.61 Å².